The smallest absolute Gasteiger partial charge is 0.226 e. The Morgan fingerprint density at radius 2 is 2.00 bits per heavy atom. The van der Waals surface area contributed by atoms with Gasteiger partial charge < -0.3 is 9.64 Å². The molecular weight excluding hydrogens is 242 g/mol. The van der Waals surface area contributed by atoms with Crippen molar-refractivity contribution >= 4 is 11.9 Å². The van der Waals surface area contributed by atoms with Gasteiger partial charge in [0.25, 0.3) is 0 Å². The molecule has 1 saturated heterocycles. The Balaban J connectivity index is 2.74. The summed E-state index contributed by atoms with van der Waals surface area (Å²) in [5.41, 5.74) is 0. The average Bonchev–Trinajstić information content (AvgIpc) is 2.41. The van der Waals surface area contributed by atoms with E-state index < -0.39 is 12.9 Å². The van der Waals surface area contributed by atoms with E-state index in [1.807, 2.05) is 0 Å². The number of hydrogen-bond donors (Lipinski definition) is 2. The predicted molar refractivity (Wildman–Crippen MR) is 75.9 cm³/mol. The maximum Gasteiger partial charge on any atom is 0.226 e. The minimum atomic E-state index is -2.54. The first-order valence-electron chi connectivity index (χ1n) is 8.27. The molecule has 0 atom stereocenters. The van der Waals surface area contributed by atoms with Crippen molar-refractivity contribution in [2.45, 2.75) is 44.9 Å². The van der Waals surface area contributed by atoms with Crippen LogP contribution < -0.4 is 5.32 Å². The Kier molecular flexibility index (Phi) is 5.10. The first-order chi connectivity index (χ1) is 10.3. The van der Waals surface area contributed by atoms with Gasteiger partial charge in [-0.15, -0.1) is 0 Å². The number of nitrogens with zero attached hydrogens (tertiary/aromatic N) is 1. The number of guanidine groups is 1. The van der Waals surface area contributed by atoms with Crippen molar-refractivity contribution in [2.75, 3.05) is 20.1 Å². The molecule has 1 heterocycles. The number of likely N-dealkylation sites (N-methyl/N-ethyl adjacent to an activating group) is 1. The summed E-state index contributed by atoms with van der Waals surface area (Å²) in [4.78, 5) is 12.6. The molecule has 1 fully saturated rings. The molecule has 0 aromatic rings. The molecule has 1 aliphatic heterocycles. The highest BCUT2D eigenvalue weighted by Crippen LogP contribution is 2.09. The van der Waals surface area contributed by atoms with Gasteiger partial charge in [-0.25, -0.2) is 0 Å². The lowest BCUT2D eigenvalue weighted by Gasteiger charge is -2.21. The zero-order chi connectivity index (χ0) is 16.6. The monoisotopic (exact) mass is 270 g/mol. The Labute approximate surface area is 119 Å². The van der Waals surface area contributed by atoms with Crippen LogP contribution in [-0.2, 0) is 9.53 Å². The highest BCUT2D eigenvalue weighted by atomic mass is 16.5. The number of nitrogens with one attached hydrogen (secondary N) is 2. The van der Waals surface area contributed by atoms with Crippen molar-refractivity contribution in [3.8, 4) is 0 Å². The second-order valence-corrected chi connectivity index (χ2v) is 4.74. The SMILES string of the molecule is [2H]C([2H])([2H])N1CC(=C)OCCCCCCCCC(=O)NC1=N. The third-order valence-corrected chi connectivity index (χ3v) is 2.97. The molecule has 2 N–H and O–H groups in total. The van der Waals surface area contributed by atoms with E-state index in [9.17, 15) is 4.79 Å². The first-order valence-corrected chi connectivity index (χ1v) is 6.77. The van der Waals surface area contributed by atoms with E-state index in [4.69, 9.17) is 14.3 Å². The van der Waals surface area contributed by atoms with Crippen LogP contribution in [0.1, 0.15) is 49.1 Å². The normalized spacial score (nSPS) is 24.1. The van der Waals surface area contributed by atoms with E-state index in [-0.39, 0.29) is 18.2 Å². The fourth-order valence-corrected chi connectivity index (χ4v) is 1.87. The summed E-state index contributed by atoms with van der Waals surface area (Å²) in [6, 6.07) is 0. The van der Waals surface area contributed by atoms with E-state index in [0.717, 1.165) is 43.4 Å². The molecule has 0 unspecified atom stereocenters. The zero-order valence-electron chi connectivity index (χ0n) is 14.3. The Morgan fingerprint density at radius 3 is 2.74 bits per heavy atom. The number of amides is 1. The molecular formula is C14H25N3O2. The van der Waals surface area contributed by atoms with Gasteiger partial charge in [-0.05, 0) is 12.8 Å². The summed E-state index contributed by atoms with van der Waals surface area (Å²) >= 11 is 0. The minimum Gasteiger partial charge on any atom is -0.497 e. The summed E-state index contributed by atoms with van der Waals surface area (Å²) in [7, 11) is 0. The van der Waals surface area contributed by atoms with Crippen molar-refractivity contribution in [1.29, 1.82) is 5.41 Å². The second-order valence-electron chi connectivity index (χ2n) is 4.74. The van der Waals surface area contributed by atoms with E-state index >= 15 is 0 Å². The fraction of sp³-hybridized carbons (Fsp3) is 0.714. The van der Waals surface area contributed by atoms with Crippen LogP contribution in [0.5, 0.6) is 0 Å². The molecule has 0 aromatic carbocycles. The van der Waals surface area contributed by atoms with Crippen LogP contribution in [0.25, 0.3) is 0 Å². The van der Waals surface area contributed by atoms with E-state index in [1.165, 1.54) is 0 Å². The van der Waals surface area contributed by atoms with Crippen LogP contribution in [0, 0.1) is 5.41 Å². The lowest BCUT2D eigenvalue weighted by atomic mass is 10.1. The van der Waals surface area contributed by atoms with Crippen LogP contribution in [0.15, 0.2) is 12.3 Å². The molecule has 19 heavy (non-hydrogen) atoms. The number of carbonyl (C=O) groups excluding carboxylic acids is 1. The molecule has 5 heteroatoms. The van der Waals surface area contributed by atoms with Crippen molar-refractivity contribution in [3.63, 3.8) is 0 Å². The fourth-order valence-electron chi connectivity index (χ4n) is 1.87. The largest absolute Gasteiger partial charge is 0.497 e. The van der Waals surface area contributed by atoms with Crippen molar-refractivity contribution in [2.24, 2.45) is 0 Å². The van der Waals surface area contributed by atoms with E-state index in [1.54, 1.807) is 0 Å². The van der Waals surface area contributed by atoms with Crippen LogP contribution in [0.3, 0.4) is 0 Å². The number of hydrogen-bond acceptors (Lipinski definition) is 3. The molecule has 1 rings (SSSR count). The summed E-state index contributed by atoms with van der Waals surface area (Å²) < 4.78 is 27.9. The highest BCUT2D eigenvalue weighted by Gasteiger charge is 2.10. The molecule has 5 nitrogen and oxygen atoms in total. The van der Waals surface area contributed by atoms with Gasteiger partial charge in [0.2, 0.25) is 5.91 Å². The number of rotatable bonds is 0. The molecule has 0 aromatic heterocycles. The Bertz CT molecular complexity index is 411. The van der Waals surface area contributed by atoms with Gasteiger partial charge in [0.05, 0.1) is 13.2 Å². The van der Waals surface area contributed by atoms with Crippen LogP contribution in [0.2, 0.25) is 0 Å². The van der Waals surface area contributed by atoms with Crippen LogP contribution in [-0.4, -0.2) is 36.9 Å². The number of ether oxygens (including phenoxy) is 1. The van der Waals surface area contributed by atoms with Crippen molar-refractivity contribution in [1.82, 2.24) is 10.2 Å². The van der Waals surface area contributed by atoms with Gasteiger partial charge in [0.15, 0.2) is 5.96 Å². The van der Waals surface area contributed by atoms with Gasteiger partial charge in [0.1, 0.15) is 5.76 Å². The number of carbonyl (C=O) groups is 1. The first kappa shape index (κ1) is 11.3. The molecule has 0 bridgehead atoms. The molecule has 0 spiro atoms. The average molecular weight is 270 g/mol. The predicted octanol–water partition coefficient (Wildman–Crippen LogP) is 2.24. The molecule has 1 amide bonds. The third kappa shape index (κ3) is 6.84. The molecule has 0 radical (unpaired) electrons. The molecule has 1 aliphatic rings. The van der Waals surface area contributed by atoms with Crippen LogP contribution >= 0.6 is 0 Å². The maximum absolute atomic E-state index is 11.8. The van der Waals surface area contributed by atoms with Gasteiger partial charge in [-0.1, -0.05) is 32.3 Å². The van der Waals surface area contributed by atoms with Crippen molar-refractivity contribution in [3.05, 3.63) is 12.3 Å². The summed E-state index contributed by atoms with van der Waals surface area (Å²) in [6.45, 7) is 1.51. The lowest BCUT2D eigenvalue weighted by Crippen LogP contribution is -2.42. The topological polar surface area (TPSA) is 65.4 Å². The quantitative estimate of drug-likeness (QED) is 0.709. The minimum absolute atomic E-state index is 0.143. The molecule has 0 aliphatic carbocycles. The van der Waals surface area contributed by atoms with Gasteiger partial charge >= 0.3 is 0 Å². The van der Waals surface area contributed by atoms with Gasteiger partial charge in [-0.3, -0.25) is 15.5 Å². The lowest BCUT2D eigenvalue weighted by molar-refractivity contribution is -0.120. The summed E-state index contributed by atoms with van der Waals surface area (Å²) in [5.74, 6) is -0.490. The van der Waals surface area contributed by atoms with Crippen molar-refractivity contribution < 1.29 is 13.6 Å². The van der Waals surface area contributed by atoms with E-state index in [2.05, 4.69) is 11.9 Å². The van der Waals surface area contributed by atoms with E-state index in [0.29, 0.717) is 13.0 Å². The summed E-state index contributed by atoms with van der Waals surface area (Å²) in [6.07, 6.45) is 6.09. The highest BCUT2D eigenvalue weighted by molar-refractivity contribution is 5.95. The van der Waals surface area contributed by atoms with Crippen LogP contribution in [0.4, 0.5) is 0 Å². The Morgan fingerprint density at radius 1 is 1.32 bits per heavy atom. The van der Waals surface area contributed by atoms with Gasteiger partial charge in [-0.2, -0.15) is 0 Å². The summed E-state index contributed by atoms with van der Waals surface area (Å²) in [5, 5.41) is 10.2. The zero-order valence-corrected chi connectivity index (χ0v) is 11.3. The standard InChI is InChI=1S/C14H25N3O2/c1-12-11-17(2)14(15)16-13(18)9-7-5-3-4-6-8-10-19-12/h1,3-11H2,2H3,(H2,15,16,18)/i2D3. The molecule has 0 saturated carbocycles. The maximum atomic E-state index is 11.8. The molecule has 108 valence electrons. The van der Waals surface area contributed by atoms with Gasteiger partial charge in [0, 0.05) is 17.5 Å². The Hall–Kier alpha value is -1.52. The third-order valence-electron chi connectivity index (χ3n) is 2.97. The second kappa shape index (κ2) is 8.56.